The predicted molar refractivity (Wildman–Crippen MR) is 132 cm³/mol. The van der Waals surface area contributed by atoms with Crippen molar-refractivity contribution in [2.24, 2.45) is 5.92 Å². The molecule has 5 nitrogen and oxygen atoms in total. The highest BCUT2D eigenvalue weighted by atomic mass is 35.5. The number of benzene rings is 2. The van der Waals surface area contributed by atoms with Gasteiger partial charge < -0.3 is 4.90 Å². The van der Waals surface area contributed by atoms with Crippen molar-refractivity contribution in [1.29, 1.82) is 0 Å². The number of carbonyl (C=O) groups is 1. The number of rotatable bonds is 5. The molecule has 2 heterocycles. The molecule has 4 rings (SSSR count). The Balaban J connectivity index is 1.77. The fourth-order valence-corrected chi connectivity index (χ4v) is 5.32. The van der Waals surface area contributed by atoms with Gasteiger partial charge in [0.25, 0.3) is 5.56 Å². The van der Waals surface area contributed by atoms with E-state index in [0.717, 1.165) is 25.9 Å². The molecule has 0 radical (unpaired) electrons. The SMILES string of the molecule is CCC(Sc1nc2ccccc2c(=O)n1-c1ccc(Cl)c(Cl)c1)C(=O)N1CCC(C)CC1. The van der Waals surface area contributed by atoms with Gasteiger partial charge in [-0.05, 0) is 55.5 Å². The van der Waals surface area contributed by atoms with Crippen LogP contribution in [0.1, 0.15) is 33.1 Å². The van der Waals surface area contributed by atoms with Crippen molar-refractivity contribution >= 4 is 51.8 Å². The number of likely N-dealkylation sites (tertiary alicyclic amines) is 1. The summed E-state index contributed by atoms with van der Waals surface area (Å²) in [5, 5.41) is 1.41. The molecule has 1 unspecified atom stereocenters. The molecular weight excluding hydrogens is 465 g/mol. The molecule has 1 aliphatic rings. The van der Waals surface area contributed by atoms with E-state index < -0.39 is 0 Å². The van der Waals surface area contributed by atoms with Crippen LogP contribution in [0.4, 0.5) is 0 Å². The highest BCUT2D eigenvalue weighted by Gasteiger charge is 2.28. The van der Waals surface area contributed by atoms with Gasteiger partial charge in [-0.3, -0.25) is 14.2 Å². The lowest BCUT2D eigenvalue weighted by Crippen LogP contribution is -2.42. The van der Waals surface area contributed by atoms with Crippen molar-refractivity contribution in [2.45, 2.75) is 43.5 Å². The van der Waals surface area contributed by atoms with Gasteiger partial charge in [-0.25, -0.2) is 4.98 Å². The molecule has 0 saturated carbocycles. The summed E-state index contributed by atoms with van der Waals surface area (Å²) in [5.74, 6) is 0.751. The number of amides is 1. The van der Waals surface area contributed by atoms with Gasteiger partial charge in [0, 0.05) is 13.1 Å². The Morgan fingerprint density at radius 2 is 1.88 bits per heavy atom. The van der Waals surface area contributed by atoms with Gasteiger partial charge in [0.05, 0.1) is 31.9 Å². The lowest BCUT2D eigenvalue weighted by atomic mass is 9.99. The number of thioether (sulfide) groups is 1. The second-order valence-electron chi connectivity index (χ2n) is 8.17. The van der Waals surface area contributed by atoms with E-state index in [1.54, 1.807) is 24.3 Å². The van der Waals surface area contributed by atoms with Crippen molar-refractivity contribution in [2.75, 3.05) is 13.1 Å². The zero-order valence-electron chi connectivity index (χ0n) is 18.1. The largest absolute Gasteiger partial charge is 0.342 e. The zero-order chi connectivity index (χ0) is 22.8. The van der Waals surface area contributed by atoms with Crippen LogP contribution in [0.25, 0.3) is 16.6 Å². The maximum absolute atomic E-state index is 13.5. The number of para-hydroxylation sites is 1. The van der Waals surface area contributed by atoms with Crippen LogP contribution in [0.2, 0.25) is 10.0 Å². The molecule has 3 aromatic rings. The first-order valence-corrected chi connectivity index (χ1v) is 12.4. The van der Waals surface area contributed by atoms with Gasteiger partial charge in [0.1, 0.15) is 0 Å². The number of halogens is 2. The number of nitrogens with zero attached hydrogens (tertiary/aromatic N) is 3. The van der Waals surface area contributed by atoms with E-state index in [9.17, 15) is 9.59 Å². The first-order valence-electron chi connectivity index (χ1n) is 10.8. The molecule has 1 aliphatic heterocycles. The van der Waals surface area contributed by atoms with Gasteiger partial charge in [-0.2, -0.15) is 0 Å². The summed E-state index contributed by atoms with van der Waals surface area (Å²) in [6, 6.07) is 12.3. The summed E-state index contributed by atoms with van der Waals surface area (Å²) in [6.45, 7) is 5.78. The number of aromatic nitrogens is 2. The molecule has 1 aromatic heterocycles. The molecule has 0 N–H and O–H groups in total. The van der Waals surface area contributed by atoms with Crippen molar-refractivity contribution < 1.29 is 4.79 Å². The van der Waals surface area contributed by atoms with Crippen LogP contribution in [-0.2, 0) is 4.79 Å². The molecule has 1 atom stereocenters. The summed E-state index contributed by atoms with van der Waals surface area (Å²) in [7, 11) is 0. The molecule has 168 valence electrons. The van der Waals surface area contributed by atoms with Gasteiger partial charge in [-0.1, -0.05) is 60.9 Å². The first-order chi connectivity index (χ1) is 15.4. The van der Waals surface area contributed by atoms with E-state index in [-0.39, 0.29) is 16.7 Å². The first kappa shape index (κ1) is 23.1. The third kappa shape index (κ3) is 4.68. The Bertz CT molecular complexity index is 1210. The van der Waals surface area contributed by atoms with Gasteiger partial charge in [-0.15, -0.1) is 0 Å². The number of fused-ring (bicyclic) bond motifs is 1. The highest BCUT2D eigenvalue weighted by molar-refractivity contribution is 8.00. The summed E-state index contributed by atoms with van der Waals surface area (Å²) in [6.07, 6.45) is 2.68. The molecule has 1 amide bonds. The van der Waals surface area contributed by atoms with E-state index in [0.29, 0.717) is 44.1 Å². The number of piperidine rings is 1. The Morgan fingerprint density at radius 3 is 2.56 bits per heavy atom. The Hall–Kier alpha value is -2.02. The summed E-state index contributed by atoms with van der Waals surface area (Å²) in [5.41, 5.74) is 0.968. The van der Waals surface area contributed by atoms with E-state index in [2.05, 4.69) is 6.92 Å². The van der Waals surface area contributed by atoms with E-state index in [1.807, 2.05) is 30.0 Å². The summed E-state index contributed by atoms with van der Waals surface area (Å²) in [4.78, 5) is 33.5. The predicted octanol–water partition coefficient (Wildman–Crippen LogP) is 5.82. The van der Waals surface area contributed by atoms with Crippen LogP contribution in [0.3, 0.4) is 0 Å². The lowest BCUT2D eigenvalue weighted by Gasteiger charge is -2.32. The molecule has 0 spiro atoms. The molecule has 1 fully saturated rings. The van der Waals surface area contributed by atoms with Crippen LogP contribution in [0.15, 0.2) is 52.4 Å². The number of hydrogen-bond donors (Lipinski definition) is 0. The third-order valence-corrected chi connectivity index (χ3v) is 7.94. The Labute approximate surface area is 201 Å². The second-order valence-corrected chi connectivity index (χ2v) is 10.2. The van der Waals surface area contributed by atoms with Crippen LogP contribution < -0.4 is 5.56 Å². The average Bonchev–Trinajstić information content (AvgIpc) is 2.80. The second kappa shape index (κ2) is 9.86. The van der Waals surface area contributed by atoms with Crippen LogP contribution in [0, 0.1) is 5.92 Å². The lowest BCUT2D eigenvalue weighted by molar-refractivity contribution is -0.131. The standard InChI is InChI=1S/C24H25Cl2N3O2S/c1-3-21(23(31)28-12-10-15(2)11-13-28)32-24-27-20-7-5-4-6-17(20)22(30)29(24)16-8-9-18(25)19(26)14-16/h4-9,14-15,21H,3,10-13H2,1-2H3. The van der Waals surface area contributed by atoms with Crippen LogP contribution >= 0.6 is 35.0 Å². The van der Waals surface area contributed by atoms with Crippen molar-refractivity contribution in [3.63, 3.8) is 0 Å². The van der Waals surface area contributed by atoms with Crippen molar-refractivity contribution in [1.82, 2.24) is 14.5 Å². The van der Waals surface area contributed by atoms with E-state index in [4.69, 9.17) is 28.2 Å². The monoisotopic (exact) mass is 489 g/mol. The van der Waals surface area contributed by atoms with Gasteiger partial charge in [0.15, 0.2) is 5.16 Å². The quantitative estimate of drug-likeness (QED) is 0.334. The topological polar surface area (TPSA) is 55.2 Å². The average molecular weight is 490 g/mol. The molecular formula is C24H25Cl2N3O2S. The smallest absolute Gasteiger partial charge is 0.266 e. The van der Waals surface area contributed by atoms with E-state index in [1.165, 1.54) is 16.3 Å². The number of hydrogen-bond acceptors (Lipinski definition) is 4. The molecule has 1 saturated heterocycles. The van der Waals surface area contributed by atoms with Crippen LogP contribution in [0.5, 0.6) is 0 Å². The van der Waals surface area contributed by atoms with Crippen molar-refractivity contribution in [3.8, 4) is 5.69 Å². The molecule has 32 heavy (non-hydrogen) atoms. The number of carbonyl (C=O) groups excluding carboxylic acids is 1. The minimum atomic E-state index is -0.328. The highest BCUT2D eigenvalue weighted by Crippen LogP contribution is 2.31. The zero-order valence-corrected chi connectivity index (χ0v) is 20.4. The fraction of sp³-hybridized carbons (Fsp3) is 0.375. The molecule has 0 bridgehead atoms. The Morgan fingerprint density at radius 1 is 1.16 bits per heavy atom. The molecule has 8 heteroatoms. The Kier molecular flexibility index (Phi) is 7.13. The third-order valence-electron chi connectivity index (χ3n) is 5.90. The minimum Gasteiger partial charge on any atom is -0.342 e. The van der Waals surface area contributed by atoms with Crippen molar-refractivity contribution in [3.05, 3.63) is 62.9 Å². The maximum atomic E-state index is 13.5. The molecule has 0 aliphatic carbocycles. The fourth-order valence-electron chi connectivity index (χ4n) is 3.91. The summed E-state index contributed by atoms with van der Waals surface area (Å²) >= 11 is 13.7. The molecule has 2 aromatic carbocycles. The van der Waals surface area contributed by atoms with Gasteiger partial charge >= 0.3 is 0 Å². The minimum absolute atomic E-state index is 0.104. The maximum Gasteiger partial charge on any atom is 0.266 e. The summed E-state index contributed by atoms with van der Waals surface area (Å²) < 4.78 is 1.53. The normalized spacial score (nSPS) is 15.8. The van der Waals surface area contributed by atoms with E-state index >= 15 is 0 Å². The van der Waals surface area contributed by atoms with Crippen LogP contribution in [-0.4, -0.2) is 38.7 Å². The van der Waals surface area contributed by atoms with Gasteiger partial charge in [0.2, 0.25) is 5.91 Å².